The van der Waals surface area contributed by atoms with Crippen LogP contribution in [0.2, 0.25) is 0 Å². The summed E-state index contributed by atoms with van der Waals surface area (Å²) in [5.74, 6) is 2.47. The smallest absolute Gasteiger partial charge is 0.244 e. The van der Waals surface area contributed by atoms with Crippen molar-refractivity contribution in [3.8, 4) is 0 Å². The molecule has 134 valence electrons. The second-order valence-corrected chi connectivity index (χ2v) is 10.4. The fraction of sp³-hybridized carbons (Fsp3) is 0.833. The summed E-state index contributed by atoms with van der Waals surface area (Å²) in [5, 5.41) is 4.27. The van der Waals surface area contributed by atoms with Crippen LogP contribution in [0.15, 0.2) is 4.90 Å². The minimum atomic E-state index is -3.53. The lowest BCUT2D eigenvalue weighted by molar-refractivity contribution is -0.0666. The van der Waals surface area contributed by atoms with Gasteiger partial charge in [-0.15, -0.1) is 0 Å². The van der Waals surface area contributed by atoms with Gasteiger partial charge in [0.1, 0.15) is 4.90 Å². The highest BCUT2D eigenvalue weighted by atomic mass is 32.2. The van der Waals surface area contributed by atoms with Crippen molar-refractivity contribution in [2.75, 3.05) is 0 Å². The Labute approximate surface area is 145 Å². The summed E-state index contributed by atoms with van der Waals surface area (Å²) in [6.45, 7) is 5.69. The van der Waals surface area contributed by atoms with Gasteiger partial charge in [-0.05, 0) is 82.5 Å². The molecule has 0 aliphatic heterocycles. The van der Waals surface area contributed by atoms with Crippen LogP contribution in [0.25, 0.3) is 0 Å². The molecule has 0 saturated heterocycles. The Morgan fingerprint density at radius 1 is 1.12 bits per heavy atom. The van der Waals surface area contributed by atoms with E-state index in [4.69, 9.17) is 0 Å². The van der Waals surface area contributed by atoms with E-state index in [0.29, 0.717) is 16.3 Å². The van der Waals surface area contributed by atoms with E-state index in [1.54, 1.807) is 18.7 Å². The Balaban J connectivity index is 1.61. The summed E-state index contributed by atoms with van der Waals surface area (Å²) in [5.41, 5.74) is 1.46. The third-order valence-electron chi connectivity index (χ3n) is 7.05. The number of aromatic nitrogens is 2. The Morgan fingerprint density at radius 2 is 1.62 bits per heavy atom. The van der Waals surface area contributed by atoms with Crippen molar-refractivity contribution in [2.45, 2.75) is 70.2 Å². The fourth-order valence-electron chi connectivity index (χ4n) is 6.27. The molecule has 4 aliphatic rings. The summed E-state index contributed by atoms with van der Waals surface area (Å²) in [6, 6.07) is -0.00472. The molecular weight excluding hydrogens is 322 g/mol. The molecule has 1 aromatic rings. The van der Waals surface area contributed by atoms with Crippen LogP contribution in [0.3, 0.4) is 0 Å². The van der Waals surface area contributed by atoms with Crippen LogP contribution in [0, 0.1) is 37.0 Å². The number of rotatable bonds is 4. The summed E-state index contributed by atoms with van der Waals surface area (Å²) < 4.78 is 30.7. The molecule has 0 aromatic carbocycles. The van der Waals surface area contributed by atoms with Gasteiger partial charge in [0.15, 0.2) is 0 Å². The first-order valence-electron chi connectivity index (χ1n) is 9.23. The summed E-state index contributed by atoms with van der Waals surface area (Å²) >= 11 is 0. The van der Waals surface area contributed by atoms with E-state index in [0.717, 1.165) is 17.8 Å². The van der Waals surface area contributed by atoms with E-state index in [2.05, 4.69) is 16.7 Å². The van der Waals surface area contributed by atoms with Crippen molar-refractivity contribution >= 4 is 10.0 Å². The molecule has 5 nitrogen and oxygen atoms in total. The van der Waals surface area contributed by atoms with Crippen molar-refractivity contribution < 1.29 is 8.42 Å². The molecule has 1 heterocycles. The molecule has 5 rings (SSSR count). The van der Waals surface area contributed by atoms with Crippen LogP contribution in [0.4, 0.5) is 0 Å². The first-order valence-corrected chi connectivity index (χ1v) is 10.7. The number of sulfonamides is 1. The van der Waals surface area contributed by atoms with E-state index in [1.165, 1.54) is 38.5 Å². The highest BCUT2D eigenvalue weighted by Gasteiger charge is 2.53. The zero-order valence-corrected chi connectivity index (χ0v) is 16.0. The lowest BCUT2D eigenvalue weighted by atomic mass is 9.48. The molecule has 4 bridgehead atoms. The highest BCUT2D eigenvalue weighted by Crippen LogP contribution is 2.61. The van der Waals surface area contributed by atoms with E-state index in [-0.39, 0.29) is 11.5 Å². The van der Waals surface area contributed by atoms with Gasteiger partial charge >= 0.3 is 0 Å². The number of nitrogens with one attached hydrogen (secondary N) is 1. The average molecular weight is 352 g/mol. The second kappa shape index (κ2) is 5.31. The van der Waals surface area contributed by atoms with E-state index in [1.807, 2.05) is 6.92 Å². The SMILES string of the molecule is Cc1nn(C)c(C)c1S(=O)(=O)NC(C)C12CC3CC(CC(C3)C1)C2. The molecule has 0 amide bonds. The van der Waals surface area contributed by atoms with Crippen LogP contribution < -0.4 is 4.72 Å². The first-order chi connectivity index (χ1) is 11.2. The maximum absolute atomic E-state index is 13.0. The largest absolute Gasteiger partial charge is 0.271 e. The van der Waals surface area contributed by atoms with Gasteiger partial charge in [0.25, 0.3) is 0 Å². The molecule has 1 atom stereocenters. The first kappa shape index (κ1) is 16.6. The molecule has 1 N–H and O–H groups in total. The predicted molar refractivity (Wildman–Crippen MR) is 93.1 cm³/mol. The van der Waals surface area contributed by atoms with Crippen molar-refractivity contribution in [3.05, 3.63) is 11.4 Å². The number of nitrogens with zero attached hydrogens (tertiary/aromatic N) is 2. The predicted octanol–water partition coefficient (Wildman–Crippen LogP) is 2.92. The Bertz CT molecular complexity index is 730. The molecular formula is C18H29N3O2S. The maximum Gasteiger partial charge on any atom is 0.244 e. The van der Waals surface area contributed by atoms with Crippen molar-refractivity contribution in [3.63, 3.8) is 0 Å². The number of hydrogen-bond donors (Lipinski definition) is 1. The molecule has 4 aliphatic carbocycles. The molecule has 4 saturated carbocycles. The number of hydrogen-bond acceptors (Lipinski definition) is 3. The van der Waals surface area contributed by atoms with Gasteiger partial charge in [-0.1, -0.05) is 0 Å². The van der Waals surface area contributed by atoms with Gasteiger partial charge in [0, 0.05) is 13.1 Å². The molecule has 6 heteroatoms. The topological polar surface area (TPSA) is 64.0 Å². The van der Waals surface area contributed by atoms with Gasteiger partial charge in [-0.2, -0.15) is 5.10 Å². The standard InChI is InChI=1S/C18H29N3O2S/c1-11-17(12(2)21(4)19-11)24(22,23)20-13(3)18-8-14-5-15(9-18)7-16(6-14)10-18/h13-16,20H,5-10H2,1-4H3. The molecule has 0 spiro atoms. The Kier molecular flexibility index (Phi) is 3.67. The molecule has 1 aromatic heterocycles. The van der Waals surface area contributed by atoms with Crippen molar-refractivity contribution in [2.24, 2.45) is 30.2 Å². The zero-order valence-electron chi connectivity index (χ0n) is 15.2. The third kappa shape index (κ3) is 2.45. The molecule has 4 fully saturated rings. The average Bonchev–Trinajstić information content (AvgIpc) is 2.70. The van der Waals surface area contributed by atoms with Gasteiger partial charge in [0.2, 0.25) is 10.0 Å². The molecule has 24 heavy (non-hydrogen) atoms. The minimum absolute atomic E-state index is 0.00472. The van der Waals surface area contributed by atoms with E-state index in [9.17, 15) is 8.42 Å². The highest BCUT2D eigenvalue weighted by molar-refractivity contribution is 7.89. The zero-order chi connectivity index (χ0) is 17.3. The van der Waals surface area contributed by atoms with Gasteiger partial charge < -0.3 is 0 Å². The van der Waals surface area contributed by atoms with Gasteiger partial charge in [0.05, 0.1) is 11.4 Å². The summed E-state index contributed by atoms with van der Waals surface area (Å²) in [6.07, 6.45) is 7.73. The Morgan fingerprint density at radius 3 is 2.04 bits per heavy atom. The van der Waals surface area contributed by atoms with E-state index >= 15 is 0 Å². The van der Waals surface area contributed by atoms with Crippen LogP contribution in [-0.2, 0) is 17.1 Å². The van der Waals surface area contributed by atoms with Crippen molar-refractivity contribution in [1.29, 1.82) is 0 Å². The molecule has 1 unspecified atom stereocenters. The normalized spacial score (nSPS) is 36.2. The third-order valence-corrected chi connectivity index (χ3v) is 8.84. The second-order valence-electron chi connectivity index (χ2n) is 8.75. The molecule has 0 radical (unpaired) electrons. The van der Waals surface area contributed by atoms with Crippen molar-refractivity contribution in [1.82, 2.24) is 14.5 Å². The Hall–Kier alpha value is -0.880. The minimum Gasteiger partial charge on any atom is -0.271 e. The van der Waals surface area contributed by atoms with Crippen LogP contribution in [0.5, 0.6) is 0 Å². The summed E-state index contributed by atoms with van der Waals surface area (Å²) in [7, 11) is -1.73. The van der Waals surface area contributed by atoms with Crippen LogP contribution in [0.1, 0.15) is 56.8 Å². The maximum atomic E-state index is 13.0. The number of aryl methyl sites for hydroxylation is 2. The van der Waals surface area contributed by atoms with Crippen LogP contribution in [-0.4, -0.2) is 24.2 Å². The van der Waals surface area contributed by atoms with Gasteiger partial charge in [-0.3, -0.25) is 4.68 Å². The van der Waals surface area contributed by atoms with Gasteiger partial charge in [-0.25, -0.2) is 13.1 Å². The fourth-order valence-corrected chi connectivity index (χ4v) is 8.05. The quantitative estimate of drug-likeness (QED) is 0.907. The summed E-state index contributed by atoms with van der Waals surface area (Å²) in [4.78, 5) is 0.363. The van der Waals surface area contributed by atoms with E-state index < -0.39 is 10.0 Å². The lowest BCUT2D eigenvalue weighted by Crippen LogP contribution is -2.55. The monoisotopic (exact) mass is 351 g/mol. The van der Waals surface area contributed by atoms with Crippen LogP contribution >= 0.6 is 0 Å². The lowest BCUT2D eigenvalue weighted by Gasteiger charge is -2.59.